The first-order valence-corrected chi connectivity index (χ1v) is 4.46. The van der Waals surface area contributed by atoms with Crippen molar-refractivity contribution in [1.82, 2.24) is 0 Å². The summed E-state index contributed by atoms with van der Waals surface area (Å²) in [6, 6.07) is 4.19. The Bertz CT molecular complexity index is 327. The molecule has 78 valence electrons. The maximum atomic E-state index is 11.8. The van der Waals surface area contributed by atoms with Gasteiger partial charge in [-0.1, -0.05) is 6.07 Å². The fourth-order valence-corrected chi connectivity index (χ4v) is 1.39. The Morgan fingerprint density at radius 1 is 1.36 bits per heavy atom. The number of nitrogens with two attached hydrogens (primary N) is 1. The van der Waals surface area contributed by atoms with Crippen molar-refractivity contribution in [1.29, 1.82) is 0 Å². The highest BCUT2D eigenvalue weighted by Crippen LogP contribution is 2.30. The Morgan fingerprint density at radius 2 is 2.00 bits per heavy atom. The van der Waals surface area contributed by atoms with Crippen LogP contribution in [0, 0.1) is 0 Å². The summed E-state index contributed by atoms with van der Waals surface area (Å²) < 4.78 is 39.5. The smallest absolute Gasteiger partial charge is 0.405 e. The van der Waals surface area contributed by atoms with Crippen molar-refractivity contribution in [3.05, 3.63) is 28.2 Å². The molecular weight excluding hydrogens is 263 g/mol. The van der Waals surface area contributed by atoms with Crippen LogP contribution in [0.4, 0.5) is 13.2 Å². The van der Waals surface area contributed by atoms with Crippen LogP contribution in [-0.2, 0) is 6.54 Å². The molecule has 0 saturated carbocycles. The van der Waals surface area contributed by atoms with Gasteiger partial charge in [-0.15, -0.1) is 13.2 Å². The van der Waals surface area contributed by atoms with Gasteiger partial charge in [0.1, 0.15) is 5.75 Å². The van der Waals surface area contributed by atoms with E-state index in [1.807, 2.05) is 0 Å². The number of hydrogen-bond acceptors (Lipinski definition) is 2. The van der Waals surface area contributed by atoms with Crippen molar-refractivity contribution in [2.45, 2.75) is 12.9 Å². The van der Waals surface area contributed by atoms with Gasteiger partial charge in [0.2, 0.25) is 0 Å². The lowest BCUT2D eigenvalue weighted by Gasteiger charge is -2.10. The second kappa shape index (κ2) is 4.18. The average molecular weight is 270 g/mol. The predicted octanol–water partition coefficient (Wildman–Crippen LogP) is 2.81. The molecule has 0 aliphatic carbocycles. The van der Waals surface area contributed by atoms with Gasteiger partial charge in [0.25, 0.3) is 0 Å². The molecule has 0 radical (unpaired) electrons. The molecule has 1 rings (SSSR count). The molecule has 0 atom stereocenters. The van der Waals surface area contributed by atoms with E-state index in [0.717, 1.165) is 5.56 Å². The fraction of sp³-hybridized carbons (Fsp3) is 0.250. The van der Waals surface area contributed by atoms with Gasteiger partial charge in [-0.2, -0.15) is 0 Å². The normalized spacial score (nSPS) is 11.5. The van der Waals surface area contributed by atoms with Gasteiger partial charge in [0.05, 0.1) is 4.47 Å². The van der Waals surface area contributed by atoms with E-state index in [1.54, 1.807) is 0 Å². The third-order valence-corrected chi connectivity index (χ3v) is 2.08. The van der Waals surface area contributed by atoms with Crippen molar-refractivity contribution in [2.75, 3.05) is 0 Å². The van der Waals surface area contributed by atoms with Crippen LogP contribution in [0.25, 0.3) is 0 Å². The van der Waals surface area contributed by atoms with E-state index in [9.17, 15) is 13.2 Å². The summed E-state index contributed by atoms with van der Waals surface area (Å²) in [4.78, 5) is 0. The topological polar surface area (TPSA) is 35.2 Å². The van der Waals surface area contributed by atoms with E-state index < -0.39 is 6.36 Å². The zero-order valence-corrected chi connectivity index (χ0v) is 8.52. The zero-order valence-electron chi connectivity index (χ0n) is 6.94. The molecule has 1 aromatic rings. The molecule has 0 unspecified atom stereocenters. The van der Waals surface area contributed by atoms with Crippen molar-refractivity contribution in [3.8, 4) is 5.75 Å². The summed E-state index contributed by atoms with van der Waals surface area (Å²) in [5.74, 6) is -0.269. The number of halogens is 4. The van der Waals surface area contributed by atoms with Crippen molar-refractivity contribution >= 4 is 15.9 Å². The molecule has 0 fully saturated rings. The summed E-state index contributed by atoms with van der Waals surface area (Å²) in [6.07, 6.45) is -4.67. The van der Waals surface area contributed by atoms with Crippen LogP contribution in [0.2, 0.25) is 0 Å². The lowest BCUT2D eigenvalue weighted by molar-refractivity contribution is -0.274. The van der Waals surface area contributed by atoms with Gasteiger partial charge in [-0.05, 0) is 33.6 Å². The summed E-state index contributed by atoms with van der Waals surface area (Å²) in [7, 11) is 0. The third kappa shape index (κ3) is 3.19. The van der Waals surface area contributed by atoms with E-state index in [4.69, 9.17) is 5.73 Å². The largest absolute Gasteiger partial charge is 0.573 e. The van der Waals surface area contributed by atoms with Crippen LogP contribution in [0.1, 0.15) is 5.56 Å². The minimum Gasteiger partial charge on any atom is -0.405 e. The van der Waals surface area contributed by atoms with Crippen molar-refractivity contribution in [2.24, 2.45) is 5.73 Å². The Kier molecular flexibility index (Phi) is 3.38. The minimum absolute atomic E-state index is 0.234. The summed E-state index contributed by atoms with van der Waals surface area (Å²) in [6.45, 7) is 0.269. The van der Waals surface area contributed by atoms with Crippen LogP contribution < -0.4 is 10.5 Å². The van der Waals surface area contributed by atoms with Gasteiger partial charge >= 0.3 is 6.36 Å². The standard InChI is InChI=1S/C8H7BrF3NO/c9-6-3-5(4-13)1-2-7(6)14-8(10,11)12/h1-3H,4,13H2. The first-order chi connectivity index (χ1) is 6.42. The Hall–Kier alpha value is -0.750. The highest BCUT2D eigenvalue weighted by molar-refractivity contribution is 9.10. The highest BCUT2D eigenvalue weighted by Gasteiger charge is 2.31. The van der Waals surface area contributed by atoms with E-state index in [1.165, 1.54) is 18.2 Å². The fourth-order valence-electron chi connectivity index (χ4n) is 0.879. The van der Waals surface area contributed by atoms with Crippen molar-refractivity contribution < 1.29 is 17.9 Å². The quantitative estimate of drug-likeness (QED) is 0.896. The number of rotatable bonds is 2. The molecule has 0 spiro atoms. The Labute approximate surface area is 87.0 Å². The number of hydrogen-bond donors (Lipinski definition) is 1. The van der Waals surface area contributed by atoms with Gasteiger partial charge in [-0.25, -0.2) is 0 Å². The molecule has 0 saturated heterocycles. The van der Waals surface area contributed by atoms with Gasteiger partial charge in [0.15, 0.2) is 0 Å². The van der Waals surface area contributed by atoms with E-state index in [2.05, 4.69) is 20.7 Å². The second-order valence-corrected chi connectivity index (χ2v) is 3.37. The molecule has 14 heavy (non-hydrogen) atoms. The Morgan fingerprint density at radius 3 is 2.43 bits per heavy atom. The van der Waals surface area contributed by atoms with Gasteiger partial charge < -0.3 is 10.5 Å². The molecule has 1 aromatic carbocycles. The first-order valence-electron chi connectivity index (χ1n) is 3.66. The minimum atomic E-state index is -4.67. The predicted molar refractivity (Wildman–Crippen MR) is 48.7 cm³/mol. The lowest BCUT2D eigenvalue weighted by atomic mass is 10.2. The van der Waals surface area contributed by atoms with Gasteiger partial charge in [0, 0.05) is 6.54 Å². The third-order valence-electron chi connectivity index (χ3n) is 1.46. The molecular formula is C8H7BrF3NO. The summed E-state index contributed by atoms with van der Waals surface area (Å²) in [5, 5.41) is 0. The molecule has 2 N–H and O–H groups in total. The maximum absolute atomic E-state index is 11.8. The Balaban J connectivity index is 2.89. The molecule has 2 nitrogen and oxygen atoms in total. The van der Waals surface area contributed by atoms with E-state index >= 15 is 0 Å². The van der Waals surface area contributed by atoms with Crippen LogP contribution in [-0.4, -0.2) is 6.36 Å². The monoisotopic (exact) mass is 269 g/mol. The first kappa shape index (κ1) is 11.3. The highest BCUT2D eigenvalue weighted by atomic mass is 79.9. The molecule has 0 aliphatic heterocycles. The molecule has 0 amide bonds. The van der Waals surface area contributed by atoms with Crippen LogP contribution in [0.15, 0.2) is 22.7 Å². The van der Waals surface area contributed by atoms with E-state index in [0.29, 0.717) is 0 Å². The van der Waals surface area contributed by atoms with Gasteiger partial charge in [-0.3, -0.25) is 0 Å². The SMILES string of the molecule is NCc1ccc(OC(F)(F)F)c(Br)c1. The molecule has 0 bridgehead atoms. The molecule has 0 heterocycles. The van der Waals surface area contributed by atoms with Crippen molar-refractivity contribution in [3.63, 3.8) is 0 Å². The average Bonchev–Trinajstić information content (AvgIpc) is 2.06. The number of benzene rings is 1. The zero-order chi connectivity index (χ0) is 10.8. The van der Waals surface area contributed by atoms with E-state index in [-0.39, 0.29) is 16.8 Å². The maximum Gasteiger partial charge on any atom is 0.573 e. The number of ether oxygens (including phenoxy) is 1. The second-order valence-electron chi connectivity index (χ2n) is 2.52. The van der Waals surface area contributed by atoms with Crippen LogP contribution >= 0.6 is 15.9 Å². The lowest BCUT2D eigenvalue weighted by Crippen LogP contribution is -2.17. The molecule has 0 aliphatic rings. The number of alkyl halides is 3. The molecule has 6 heteroatoms. The van der Waals surface area contributed by atoms with Crippen LogP contribution in [0.5, 0.6) is 5.75 Å². The molecule has 0 aromatic heterocycles. The summed E-state index contributed by atoms with van der Waals surface area (Å²) in [5.41, 5.74) is 6.04. The summed E-state index contributed by atoms with van der Waals surface area (Å²) >= 11 is 2.96. The van der Waals surface area contributed by atoms with Crippen LogP contribution in [0.3, 0.4) is 0 Å².